The van der Waals surface area contributed by atoms with Gasteiger partial charge in [0.2, 0.25) is 0 Å². The second kappa shape index (κ2) is 3.87. The van der Waals surface area contributed by atoms with Gasteiger partial charge in [0.25, 0.3) is 0 Å². The van der Waals surface area contributed by atoms with E-state index in [2.05, 4.69) is 9.97 Å². The Morgan fingerprint density at radius 2 is 1.94 bits per heavy atom. The fourth-order valence-electron chi connectivity index (χ4n) is 1.97. The number of aldehydes is 1. The van der Waals surface area contributed by atoms with Crippen molar-refractivity contribution in [3.63, 3.8) is 0 Å². The van der Waals surface area contributed by atoms with Gasteiger partial charge in [-0.3, -0.25) is 4.79 Å². The molecule has 3 aromatic rings. The summed E-state index contributed by atoms with van der Waals surface area (Å²) >= 11 is 0. The molecule has 82 valence electrons. The molecule has 0 atom stereocenters. The second-order valence-electron chi connectivity index (χ2n) is 3.82. The predicted octanol–water partition coefficient (Wildman–Crippen LogP) is 3.04. The molecule has 3 heteroatoms. The molecule has 0 aliphatic rings. The van der Waals surface area contributed by atoms with Gasteiger partial charge in [-0.2, -0.15) is 0 Å². The Balaban J connectivity index is 2.34. The molecule has 0 fully saturated rings. The van der Waals surface area contributed by atoms with Crippen LogP contribution in [-0.4, -0.2) is 16.3 Å². The maximum Gasteiger partial charge on any atom is 0.168 e. The minimum absolute atomic E-state index is 0.443. The number of pyridine rings is 1. The number of benzene rings is 1. The fourth-order valence-corrected chi connectivity index (χ4v) is 1.97. The van der Waals surface area contributed by atoms with Crippen molar-refractivity contribution in [2.75, 3.05) is 0 Å². The van der Waals surface area contributed by atoms with Crippen LogP contribution < -0.4 is 0 Å². The van der Waals surface area contributed by atoms with Crippen LogP contribution in [0, 0.1) is 0 Å². The lowest BCUT2D eigenvalue weighted by molar-refractivity contribution is 0.111. The average molecular weight is 222 g/mol. The molecule has 1 N–H and O–H groups in total. The van der Waals surface area contributed by atoms with Gasteiger partial charge >= 0.3 is 0 Å². The van der Waals surface area contributed by atoms with Gasteiger partial charge in [-0.15, -0.1) is 0 Å². The van der Waals surface area contributed by atoms with Gasteiger partial charge in [-0.25, -0.2) is 4.98 Å². The molecule has 0 radical (unpaired) electrons. The summed E-state index contributed by atoms with van der Waals surface area (Å²) in [6.45, 7) is 0. The van der Waals surface area contributed by atoms with E-state index >= 15 is 0 Å². The summed E-state index contributed by atoms with van der Waals surface area (Å²) in [5.74, 6) is 0. The number of carbonyl (C=O) groups excluding carboxylic acids is 1. The van der Waals surface area contributed by atoms with Gasteiger partial charge in [-0.1, -0.05) is 30.3 Å². The number of hydrogen-bond donors (Lipinski definition) is 1. The SMILES string of the molecule is O=Cc1cc(-c2ccccc2)c2cc[nH]c2n1. The summed E-state index contributed by atoms with van der Waals surface area (Å²) < 4.78 is 0. The monoisotopic (exact) mass is 222 g/mol. The number of aromatic nitrogens is 2. The van der Waals surface area contributed by atoms with E-state index in [0.29, 0.717) is 5.69 Å². The Hall–Kier alpha value is -2.42. The standard InChI is InChI=1S/C14H10N2O/c17-9-11-8-13(10-4-2-1-3-5-10)12-6-7-15-14(12)16-11/h1-9H,(H,15,16). The van der Waals surface area contributed by atoms with Crippen molar-refractivity contribution in [3.05, 3.63) is 54.4 Å². The van der Waals surface area contributed by atoms with E-state index in [4.69, 9.17) is 0 Å². The van der Waals surface area contributed by atoms with E-state index in [9.17, 15) is 4.79 Å². The van der Waals surface area contributed by atoms with E-state index in [1.165, 1.54) is 0 Å². The first-order valence-corrected chi connectivity index (χ1v) is 5.37. The molecule has 0 amide bonds. The molecule has 0 saturated carbocycles. The normalized spacial score (nSPS) is 10.6. The van der Waals surface area contributed by atoms with Crippen molar-refractivity contribution in [1.29, 1.82) is 0 Å². The van der Waals surface area contributed by atoms with Gasteiger partial charge in [0, 0.05) is 11.6 Å². The molecule has 2 aromatic heterocycles. The first-order valence-electron chi connectivity index (χ1n) is 5.37. The topological polar surface area (TPSA) is 45.8 Å². The van der Waals surface area contributed by atoms with Crippen LogP contribution in [0.1, 0.15) is 10.5 Å². The predicted molar refractivity (Wildman–Crippen MR) is 66.9 cm³/mol. The molecular weight excluding hydrogens is 212 g/mol. The van der Waals surface area contributed by atoms with Crippen LogP contribution in [0.5, 0.6) is 0 Å². The molecule has 0 spiro atoms. The molecule has 0 aliphatic heterocycles. The van der Waals surface area contributed by atoms with E-state index in [1.807, 2.05) is 48.7 Å². The number of nitrogens with zero attached hydrogens (tertiary/aromatic N) is 1. The molecule has 1 aromatic carbocycles. The molecule has 0 bridgehead atoms. The maximum atomic E-state index is 10.9. The van der Waals surface area contributed by atoms with E-state index in [-0.39, 0.29) is 0 Å². The zero-order valence-electron chi connectivity index (χ0n) is 9.05. The lowest BCUT2D eigenvalue weighted by atomic mass is 10.0. The van der Waals surface area contributed by atoms with E-state index < -0.39 is 0 Å². The van der Waals surface area contributed by atoms with Crippen LogP contribution in [0.15, 0.2) is 48.7 Å². The van der Waals surface area contributed by atoms with Crippen molar-refractivity contribution in [3.8, 4) is 11.1 Å². The summed E-state index contributed by atoms with van der Waals surface area (Å²) in [6, 6.07) is 13.8. The maximum absolute atomic E-state index is 10.9. The van der Waals surface area contributed by atoms with Gasteiger partial charge in [0.15, 0.2) is 6.29 Å². The molecule has 0 saturated heterocycles. The fraction of sp³-hybridized carbons (Fsp3) is 0. The molecule has 17 heavy (non-hydrogen) atoms. The molecule has 3 rings (SSSR count). The Morgan fingerprint density at radius 1 is 1.12 bits per heavy atom. The molecular formula is C14H10N2O. The van der Waals surface area contributed by atoms with Crippen LogP contribution in [-0.2, 0) is 0 Å². The van der Waals surface area contributed by atoms with Crippen molar-refractivity contribution >= 4 is 17.3 Å². The quantitative estimate of drug-likeness (QED) is 0.677. The van der Waals surface area contributed by atoms with Crippen LogP contribution in [0.3, 0.4) is 0 Å². The van der Waals surface area contributed by atoms with Gasteiger partial charge in [0.1, 0.15) is 11.3 Å². The van der Waals surface area contributed by atoms with Crippen molar-refractivity contribution in [2.24, 2.45) is 0 Å². The first-order chi connectivity index (χ1) is 8.38. The number of aromatic amines is 1. The second-order valence-corrected chi connectivity index (χ2v) is 3.82. The number of nitrogens with one attached hydrogen (secondary N) is 1. The first kappa shape index (κ1) is 9.78. The van der Waals surface area contributed by atoms with Crippen molar-refractivity contribution in [1.82, 2.24) is 9.97 Å². The number of H-pyrrole nitrogens is 1. The Labute approximate surface area is 98.1 Å². The zero-order valence-corrected chi connectivity index (χ0v) is 9.05. The molecule has 0 aliphatic carbocycles. The third-order valence-electron chi connectivity index (χ3n) is 2.75. The van der Waals surface area contributed by atoms with E-state index in [0.717, 1.165) is 28.4 Å². The minimum atomic E-state index is 0.443. The lowest BCUT2D eigenvalue weighted by Crippen LogP contribution is -1.90. The smallest absolute Gasteiger partial charge is 0.168 e. The van der Waals surface area contributed by atoms with Crippen LogP contribution in [0.25, 0.3) is 22.2 Å². The van der Waals surface area contributed by atoms with Crippen molar-refractivity contribution < 1.29 is 4.79 Å². The highest BCUT2D eigenvalue weighted by molar-refractivity contribution is 5.95. The van der Waals surface area contributed by atoms with Crippen LogP contribution in [0.2, 0.25) is 0 Å². The van der Waals surface area contributed by atoms with Gasteiger partial charge in [-0.05, 0) is 23.3 Å². The van der Waals surface area contributed by atoms with E-state index in [1.54, 1.807) is 0 Å². The molecule has 2 heterocycles. The number of carbonyl (C=O) groups is 1. The third kappa shape index (κ3) is 1.61. The number of hydrogen-bond acceptors (Lipinski definition) is 2. The highest BCUT2D eigenvalue weighted by Crippen LogP contribution is 2.27. The largest absolute Gasteiger partial charge is 0.346 e. The van der Waals surface area contributed by atoms with Crippen molar-refractivity contribution in [2.45, 2.75) is 0 Å². The Kier molecular flexibility index (Phi) is 2.22. The summed E-state index contributed by atoms with van der Waals surface area (Å²) in [7, 11) is 0. The third-order valence-corrected chi connectivity index (χ3v) is 2.75. The Bertz CT molecular complexity index is 671. The Morgan fingerprint density at radius 3 is 2.71 bits per heavy atom. The summed E-state index contributed by atoms with van der Waals surface area (Å²) in [4.78, 5) is 18.1. The lowest BCUT2D eigenvalue weighted by Gasteiger charge is -2.04. The average Bonchev–Trinajstić information content (AvgIpc) is 2.86. The number of rotatable bonds is 2. The number of fused-ring (bicyclic) bond motifs is 1. The highest BCUT2D eigenvalue weighted by atomic mass is 16.1. The zero-order chi connectivity index (χ0) is 11.7. The summed E-state index contributed by atoms with van der Waals surface area (Å²) in [5, 5.41) is 1.03. The van der Waals surface area contributed by atoms with Crippen LogP contribution >= 0.6 is 0 Å². The molecule has 0 unspecified atom stereocenters. The van der Waals surface area contributed by atoms with Gasteiger partial charge < -0.3 is 4.98 Å². The summed E-state index contributed by atoms with van der Waals surface area (Å²) in [6.07, 6.45) is 2.60. The summed E-state index contributed by atoms with van der Waals surface area (Å²) in [5.41, 5.74) is 3.30. The molecule has 3 nitrogen and oxygen atoms in total. The van der Waals surface area contributed by atoms with Gasteiger partial charge in [0.05, 0.1) is 0 Å². The highest BCUT2D eigenvalue weighted by Gasteiger charge is 2.07. The van der Waals surface area contributed by atoms with Crippen LogP contribution in [0.4, 0.5) is 0 Å². The minimum Gasteiger partial charge on any atom is -0.346 e.